The number of piperidine rings is 1. The van der Waals surface area contributed by atoms with E-state index in [0.717, 1.165) is 41.4 Å². The highest BCUT2D eigenvalue weighted by atomic mass is 35.5. The summed E-state index contributed by atoms with van der Waals surface area (Å²) in [6.45, 7) is 0.692. The fourth-order valence-corrected chi connectivity index (χ4v) is 5.90. The normalized spacial score (nSPS) is 18.3. The van der Waals surface area contributed by atoms with Gasteiger partial charge in [0, 0.05) is 52.5 Å². The maximum Gasteiger partial charge on any atom is 0.435 e. The van der Waals surface area contributed by atoms with Gasteiger partial charge in [0.1, 0.15) is 5.71 Å². The first-order valence-electron chi connectivity index (χ1n) is 11.6. The van der Waals surface area contributed by atoms with E-state index >= 15 is 0 Å². The highest BCUT2D eigenvalue weighted by Crippen LogP contribution is 2.39. The molecule has 0 radical (unpaired) electrons. The summed E-state index contributed by atoms with van der Waals surface area (Å²) in [5, 5.41) is 14.6. The lowest BCUT2D eigenvalue weighted by atomic mass is 9.97. The van der Waals surface area contributed by atoms with E-state index < -0.39 is 11.9 Å². The van der Waals surface area contributed by atoms with Crippen molar-refractivity contribution in [2.75, 3.05) is 19.7 Å². The summed E-state index contributed by atoms with van der Waals surface area (Å²) < 4.78 is 43.0. The number of likely N-dealkylation sites (tertiary alicyclic amines) is 1. The zero-order chi connectivity index (χ0) is 26.9. The molecule has 0 aliphatic carbocycles. The van der Waals surface area contributed by atoms with Crippen molar-refractivity contribution in [3.05, 3.63) is 67.7 Å². The smallest absolute Gasteiger partial charge is 0.435 e. The summed E-state index contributed by atoms with van der Waals surface area (Å²) in [6, 6.07) is 7.10. The summed E-state index contributed by atoms with van der Waals surface area (Å²) in [4.78, 5) is 24.6. The Morgan fingerprint density at radius 2 is 1.87 bits per heavy atom. The molecule has 2 aromatic heterocycles. The second-order valence-electron chi connectivity index (χ2n) is 8.74. The topological polar surface area (TPSA) is 89.8 Å². The van der Waals surface area contributed by atoms with Crippen molar-refractivity contribution in [2.24, 2.45) is 5.16 Å². The molecule has 1 aromatic carbocycles. The summed E-state index contributed by atoms with van der Waals surface area (Å²) >= 11 is 14.2. The van der Waals surface area contributed by atoms with Crippen LogP contribution in [0.1, 0.15) is 53.2 Å². The Labute approximate surface area is 229 Å². The monoisotopic (exact) mass is 585 g/mol. The Morgan fingerprint density at radius 3 is 2.53 bits per heavy atom. The molecule has 2 aliphatic heterocycles. The van der Waals surface area contributed by atoms with Crippen molar-refractivity contribution >= 4 is 46.2 Å². The lowest BCUT2D eigenvalue weighted by molar-refractivity contribution is -0.142. The second-order valence-corrected chi connectivity index (χ2v) is 10.4. The molecule has 4 heterocycles. The number of alkyl halides is 3. The molecule has 1 saturated heterocycles. The molecule has 1 atom stereocenters. The van der Waals surface area contributed by atoms with Gasteiger partial charge in [0.15, 0.2) is 18.4 Å². The van der Waals surface area contributed by atoms with Crippen LogP contribution in [0.5, 0.6) is 5.88 Å². The van der Waals surface area contributed by atoms with Crippen LogP contribution in [0.3, 0.4) is 0 Å². The van der Waals surface area contributed by atoms with E-state index in [1.54, 1.807) is 34.4 Å². The minimum atomic E-state index is -4.59. The molecular weight excluding hydrogens is 566 g/mol. The summed E-state index contributed by atoms with van der Waals surface area (Å²) in [7, 11) is 0. The number of amides is 1. The Bertz CT molecular complexity index is 1320. The van der Waals surface area contributed by atoms with Crippen molar-refractivity contribution in [1.29, 1.82) is 0 Å². The van der Waals surface area contributed by atoms with Crippen LogP contribution in [0, 0.1) is 0 Å². The number of carbonyl (C=O) groups is 1. The SMILES string of the molecule is O=C(COc1ccc(C(F)(F)F)nn1)N1CCC(c2nc(C3=NOC(c4c(Cl)cccc4Cl)C3)cs2)CC1. The van der Waals surface area contributed by atoms with Gasteiger partial charge in [-0.05, 0) is 31.0 Å². The molecule has 14 heteroatoms. The maximum absolute atomic E-state index is 12.6. The van der Waals surface area contributed by atoms with Crippen molar-refractivity contribution in [3.63, 3.8) is 0 Å². The first-order chi connectivity index (χ1) is 18.2. The van der Waals surface area contributed by atoms with Crippen LogP contribution in [0.15, 0.2) is 40.9 Å². The first kappa shape index (κ1) is 26.6. The van der Waals surface area contributed by atoms with E-state index in [0.29, 0.717) is 35.1 Å². The molecule has 0 saturated carbocycles. The molecule has 0 spiro atoms. The van der Waals surface area contributed by atoms with Gasteiger partial charge in [-0.1, -0.05) is 34.4 Å². The molecule has 1 fully saturated rings. The lowest BCUT2D eigenvalue weighted by Gasteiger charge is -2.31. The first-order valence-corrected chi connectivity index (χ1v) is 13.3. The minimum absolute atomic E-state index is 0.144. The van der Waals surface area contributed by atoms with Gasteiger partial charge in [-0.25, -0.2) is 4.98 Å². The fraction of sp³-hybridized carbons (Fsp3) is 0.375. The van der Waals surface area contributed by atoms with Crippen LogP contribution in [-0.4, -0.2) is 51.4 Å². The van der Waals surface area contributed by atoms with E-state index in [2.05, 4.69) is 15.4 Å². The Kier molecular flexibility index (Phi) is 7.73. The van der Waals surface area contributed by atoms with E-state index in [4.69, 9.17) is 37.8 Å². The number of oxime groups is 1. The predicted molar refractivity (Wildman–Crippen MR) is 135 cm³/mol. The molecule has 1 amide bonds. The highest BCUT2D eigenvalue weighted by Gasteiger charge is 2.33. The van der Waals surface area contributed by atoms with Gasteiger partial charge in [-0.15, -0.1) is 21.5 Å². The number of nitrogens with zero attached hydrogens (tertiary/aromatic N) is 5. The Morgan fingerprint density at radius 1 is 1.13 bits per heavy atom. The zero-order valence-electron chi connectivity index (χ0n) is 19.6. The van der Waals surface area contributed by atoms with Crippen LogP contribution in [-0.2, 0) is 15.8 Å². The number of ether oxygens (including phenoxy) is 1. The number of benzene rings is 1. The van der Waals surface area contributed by atoms with Gasteiger partial charge in [0.25, 0.3) is 5.91 Å². The molecule has 2 aliphatic rings. The molecule has 200 valence electrons. The third kappa shape index (κ3) is 5.87. The molecule has 0 N–H and O–H groups in total. The Hall–Kier alpha value is -2.96. The van der Waals surface area contributed by atoms with Gasteiger partial charge in [-0.2, -0.15) is 13.2 Å². The third-order valence-electron chi connectivity index (χ3n) is 6.28. The molecular formula is C24H20Cl2F3N5O3S. The number of carbonyl (C=O) groups excluding carboxylic acids is 1. The number of aromatic nitrogens is 3. The maximum atomic E-state index is 12.6. The molecule has 3 aromatic rings. The number of hydrogen-bond acceptors (Lipinski definition) is 8. The van der Waals surface area contributed by atoms with Crippen molar-refractivity contribution in [1.82, 2.24) is 20.1 Å². The van der Waals surface area contributed by atoms with E-state index in [-0.39, 0.29) is 30.4 Å². The molecule has 1 unspecified atom stereocenters. The predicted octanol–water partition coefficient (Wildman–Crippen LogP) is 5.91. The quantitative estimate of drug-likeness (QED) is 0.357. The molecule has 5 rings (SSSR count). The van der Waals surface area contributed by atoms with Crippen molar-refractivity contribution in [2.45, 2.75) is 37.5 Å². The number of thiazole rings is 1. The molecule has 38 heavy (non-hydrogen) atoms. The minimum Gasteiger partial charge on any atom is -0.466 e. The van der Waals surface area contributed by atoms with E-state index in [9.17, 15) is 18.0 Å². The van der Waals surface area contributed by atoms with Gasteiger partial charge >= 0.3 is 6.18 Å². The van der Waals surface area contributed by atoms with E-state index in [1.165, 1.54) is 0 Å². The van der Waals surface area contributed by atoms with Crippen molar-refractivity contribution in [3.8, 4) is 5.88 Å². The third-order valence-corrected chi connectivity index (χ3v) is 7.95. The van der Waals surface area contributed by atoms with Crippen LogP contribution in [0.4, 0.5) is 13.2 Å². The average molecular weight is 586 g/mol. The standard InChI is InChI=1S/C24H20Cl2F3N5O3S/c25-14-2-1-3-15(26)22(14)18-10-16(33-37-18)17-12-38-23(30-17)13-6-8-34(9-7-13)21(35)11-36-20-5-4-19(31-32-20)24(27,28)29/h1-5,12-13,18H,6-11H2. The number of rotatable bonds is 6. The summed E-state index contributed by atoms with van der Waals surface area (Å²) in [5.41, 5.74) is 1.06. The van der Waals surface area contributed by atoms with E-state index in [1.807, 2.05) is 5.38 Å². The largest absolute Gasteiger partial charge is 0.466 e. The zero-order valence-corrected chi connectivity index (χ0v) is 21.9. The van der Waals surface area contributed by atoms with Gasteiger partial charge < -0.3 is 14.5 Å². The second kappa shape index (κ2) is 11.0. The average Bonchev–Trinajstić information content (AvgIpc) is 3.57. The Balaban J connectivity index is 1.11. The van der Waals surface area contributed by atoms with Crippen LogP contribution in [0.25, 0.3) is 0 Å². The lowest BCUT2D eigenvalue weighted by Crippen LogP contribution is -2.40. The van der Waals surface area contributed by atoms with Gasteiger partial charge in [0.2, 0.25) is 5.88 Å². The van der Waals surface area contributed by atoms with Crippen LogP contribution < -0.4 is 4.74 Å². The van der Waals surface area contributed by atoms with Crippen molar-refractivity contribution < 1.29 is 27.5 Å². The van der Waals surface area contributed by atoms with Gasteiger partial charge in [0.05, 0.1) is 10.7 Å². The molecule has 0 bridgehead atoms. The van der Waals surface area contributed by atoms with Crippen LogP contribution >= 0.6 is 34.5 Å². The number of halogens is 5. The summed E-state index contributed by atoms with van der Waals surface area (Å²) in [6.07, 6.45) is -3.02. The molecule has 8 nitrogen and oxygen atoms in total. The summed E-state index contributed by atoms with van der Waals surface area (Å²) in [5.74, 6) is -0.225. The highest BCUT2D eigenvalue weighted by molar-refractivity contribution is 7.10. The van der Waals surface area contributed by atoms with Crippen LogP contribution in [0.2, 0.25) is 10.0 Å². The fourth-order valence-electron chi connectivity index (χ4n) is 4.26. The van der Waals surface area contributed by atoms with Gasteiger partial charge in [-0.3, -0.25) is 4.79 Å². The number of hydrogen-bond donors (Lipinski definition) is 0.